The van der Waals surface area contributed by atoms with Crippen LogP contribution in [-0.2, 0) is 0 Å². The van der Waals surface area contributed by atoms with Gasteiger partial charge in [0.15, 0.2) is 0 Å². The number of hydrogen-bond acceptors (Lipinski definition) is 0. The first-order valence-corrected chi connectivity index (χ1v) is 6.99. The molecule has 15 heavy (non-hydrogen) atoms. The summed E-state index contributed by atoms with van der Waals surface area (Å²) in [6.07, 6.45) is 13.7. The predicted octanol–water partition coefficient (Wildman–Crippen LogP) is 5.17. The molecule has 88 valence electrons. The Morgan fingerprint density at radius 3 is 2.13 bits per heavy atom. The van der Waals surface area contributed by atoms with Crippen molar-refractivity contribution in [3.63, 3.8) is 0 Å². The zero-order chi connectivity index (χ0) is 10.9. The van der Waals surface area contributed by atoms with Crippen molar-refractivity contribution in [3.8, 4) is 0 Å². The Labute approximate surface area is 95.8 Å². The highest BCUT2D eigenvalue weighted by molar-refractivity contribution is 4.95. The monoisotopic (exact) mass is 208 g/mol. The van der Waals surface area contributed by atoms with Gasteiger partial charge < -0.3 is 0 Å². The largest absolute Gasteiger partial charge is 0.0602 e. The van der Waals surface area contributed by atoms with Crippen LogP contribution in [0.15, 0.2) is 0 Å². The van der Waals surface area contributed by atoms with Crippen molar-refractivity contribution in [2.75, 3.05) is 0 Å². The molecule has 0 amide bonds. The summed E-state index contributed by atoms with van der Waals surface area (Å²) >= 11 is 0. The average molecular weight is 208 g/mol. The first-order valence-electron chi connectivity index (χ1n) is 6.99. The molecular weight excluding hydrogens is 180 g/mol. The maximum Gasteiger partial charge on any atom is -0.0292 e. The van der Waals surface area contributed by atoms with Crippen molar-refractivity contribution in [1.29, 1.82) is 0 Å². The van der Waals surface area contributed by atoms with Gasteiger partial charge in [-0.2, -0.15) is 0 Å². The second-order valence-corrected chi connectivity index (χ2v) is 7.43. The highest BCUT2D eigenvalue weighted by atomic mass is 14.5. The molecule has 0 heteroatoms. The standard InChI is InChI=1S/C15H28/c1-14(2,3)10-7-13-11-15(12-13)8-5-4-6-9-15/h13H,4-12H2,1-3H3. The summed E-state index contributed by atoms with van der Waals surface area (Å²) in [6.45, 7) is 7.13. The van der Waals surface area contributed by atoms with E-state index < -0.39 is 0 Å². The Balaban J connectivity index is 1.69. The molecule has 2 saturated carbocycles. The van der Waals surface area contributed by atoms with Gasteiger partial charge in [0.2, 0.25) is 0 Å². The molecule has 1 spiro atoms. The topological polar surface area (TPSA) is 0 Å². The molecule has 0 bridgehead atoms. The zero-order valence-corrected chi connectivity index (χ0v) is 10.9. The molecule has 0 N–H and O–H groups in total. The Hall–Kier alpha value is 0. The second-order valence-electron chi connectivity index (χ2n) is 7.43. The highest BCUT2D eigenvalue weighted by Crippen LogP contribution is 2.56. The van der Waals surface area contributed by atoms with Crippen molar-refractivity contribution in [1.82, 2.24) is 0 Å². The van der Waals surface area contributed by atoms with Crippen molar-refractivity contribution < 1.29 is 0 Å². The molecule has 0 unspecified atom stereocenters. The van der Waals surface area contributed by atoms with Gasteiger partial charge in [0.1, 0.15) is 0 Å². The Morgan fingerprint density at radius 2 is 1.60 bits per heavy atom. The molecule has 0 heterocycles. The van der Waals surface area contributed by atoms with Gasteiger partial charge in [-0.1, -0.05) is 40.0 Å². The van der Waals surface area contributed by atoms with Crippen molar-refractivity contribution in [3.05, 3.63) is 0 Å². The minimum atomic E-state index is 0.551. The van der Waals surface area contributed by atoms with E-state index in [2.05, 4.69) is 20.8 Å². The van der Waals surface area contributed by atoms with Crippen LogP contribution in [0.1, 0.15) is 78.6 Å². The molecule has 0 aromatic heterocycles. The van der Waals surface area contributed by atoms with E-state index >= 15 is 0 Å². The lowest BCUT2D eigenvalue weighted by Gasteiger charge is -2.51. The third-order valence-corrected chi connectivity index (χ3v) is 4.66. The van der Waals surface area contributed by atoms with Gasteiger partial charge in [-0.05, 0) is 55.3 Å². The summed E-state index contributed by atoms with van der Waals surface area (Å²) in [6, 6.07) is 0. The molecule has 0 aromatic rings. The van der Waals surface area contributed by atoms with Gasteiger partial charge in [0, 0.05) is 0 Å². The lowest BCUT2D eigenvalue weighted by Crippen LogP contribution is -2.39. The normalized spacial score (nSPS) is 26.6. The zero-order valence-electron chi connectivity index (χ0n) is 10.9. The van der Waals surface area contributed by atoms with Crippen molar-refractivity contribution in [2.45, 2.75) is 78.6 Å². The third-order valence-electron chi connectivity index (χ3n) is 4.66. The Bertz CT molecular complexity index is 195. The van der Waals surface area contributed by atoms with E-state index in [1.165, 1.54) is 32.1 Å². The van der Waals surface area contributed by atoms with Crippen LogP contribution < -0.4 is 0 Å². The minimum Gasteiger partial charge on any atom is -0.0602 e. The van der Waals surface area contributed by atoms with Crippen LogP contribution in [0.2, 0.25) is 0 Å². The van der Waals surface area contributed by atoms with Crippen LogP contribution in [0.4, 0.5) is 0 Å². The van der Waals surface area contributed by atoms with E-state index in [0.29, 0.717) is 5.41 Å². The quantitative estimate of drug-likeness (QED) is 0.587. The molecule has 2 fully saturated rings. The van der Waals surface area contributed by atoms with Gasteiger partial charge in [-0.15, -0.1) is 0 Å². The van der Waals surface area contributed by atoms with Crippen LogP contribution in [0.5, 0.6) is 0 Å². The fourth-order valence-corrected chi connectivity index (χ4v) is 3.72. The predicted molar refractivity (Wildman–Crippen MR) is 66.9 cm³/mol. The molecule has 0 atom stereocenters. The number of rotatable bonds is 2. The van der Waals surface area contributed by atoms with Gasteiger partial charge in [-0.3, -0.25) is 0 Å². The van der Waals surface area contributed by atoms with Crippen LogP contribution >= 0.6 is 0 Å². The maximum atomic E-state index is 2.38. The second kappa shape index (κ2) is 4.11. The molecule has 0 aliphatic heterocycles. The van der Waals surface area contributed by atoms with Crippen LogP contribution in [0.25, 0.3) is 0 Å². The molecule has 2 aliphatic carbocycles. The van der Waals surface area contributed by atoms with E-state index in [1.807, 2.05) is 0 Å². The van der Waals surface area contributed by atoms with E-state index in [9.17, 15) is 0 Å². The van der Waals surface area contributed by atoms with Crippen LogP contribution in [0, 0.1) is 16.7 Å². The minimum absolute atomic E-state index is 0.551. The maximum absolute atomic E-state index is 2.38. The average Bonchev–Trinajstić information content (AvgIpc) is 2.11. The molecule has 0 saturated heterocycles. The summed E-state index contributed by atoms with van der Waals surface area (Å²) in [5, 5.41) is 0. The number of hydrogen-bond donors (Lipinski definition) is 0. The van der Waals surface area contributed by atoms with Gasteiger partial charge in [0.25, 0.3) is 0 Å². The SMILES string of the molecule is CC(C)(C)CCC1CC2(CCCCC2)C1. The van der Waals surface area contributed by atoms with Crippen LogP contribution in [0.3, 0.4) is 0 Å². The lowest BCUT2D eigenvalue weighted by atomic mass is 9.54. The van der Waals surface area contributed by atoms with Gasteiger partial charge in [0.05, 0.1) is 0 Å². The summed E-state index contributed by atoms with van der Waals surface area (Å²) < 4.78 is 0. The lowest BCUT2D eigenvalue weighted by molar-refractivity contribution is 0.00595. The van der Waals surface area contributed by atoms with Gasteiger partial charge in [-0.25, -0.2) is 0 Å². The van der Waals surface area contributed by atoms with E-state index in [1.54, 1.807) is 25.7 Å². The van der Waals surface area contributed by atoms with Crippen LogP contribution in [-0.4, -0.2) is 0 Å². The first-order chi connectivity index (χ1) is 6.99. The van der Waals surface area contributed by atoms with E-state index in [4.69, 9.17) is 0 Å². The summed E-state index contributed by atoms with van der Waals surface area (Å²) in [5.41, 5.74) is 1.40. The van der Waals surface area contributed by atoms with Gasteiger partial charge >= 0.3 is 0 Å². The summed E-state index contributed by atoms with van der Waals surface area (Å²) in [4.78, 5) is 0. The smallest absolute Gasteiger partial charge is 0.0292 e. The highest BCUT2D eigenvalue weighted by Gasteiger charge is 2.43. The Morgan fingerprint density at radius 1 is 1.00 bits per heavy atom. The van der Waals surface area contributed by atoms with Crippen molar-refractivity contribution in [2.24, 2.45) is 16.7 Å². The molecule has 0 aromatic carbocycles. The van der Waals surface area contributed by atoms with E-state index in [0.717, 1.165) is 11.3 Å². The fourth-order valence-electron chi connectivity index (χ4n) is 3.72. The Kier molecular flexibility index (Phi) is 3.14. The summed E-state index contributed by atoms with van der Waals surface area (Å²) in [5.74, 6) is 1.09. The molecule has 0 nitrogen and oxygen atoms in total. The summed E-state index contributed by atoms with van der Waals surface area (Å²) in [7, 11) is 0. The first kappa shape index (κ1) is 11.5. The van der Waals surface area contributed by atoms with E-state index in [-0.39, 0.29) is 0 Å². The fraction of sp³-hybridized carbons (Fsp3) is 1.00. The molecular formula is C15H28. The third kappa shape index (κ3) is 2.98. The molecule has 2 rings (SSSR count). The van der Waals surface area contributed by atoms with Crippen molar-refractivity contribution >= 4 is 0 Å². The molecule has 2 aliphatic rings. The molecule has 0 radical (unpaired) electrons.